The van der Waals surface area contributed by atoms with E-state index in [2.05, 4.69) is 217 Å². The molecule has 0 atom stereocenters. The zero-order valence-corrected chi connectivity index (χ0v) is 31.7. The summed E-state index contributed by atoms with van der Waals surface area (Å²) in [7, 11) is 0. The van der Waals surface area contributed by atoms with Crippen LogP contribution in [0.1, 0.15) is 0 Å². The van der Waals surface area contributed by atoms with Gasteiger partial charge >= 0.3 is 0 Å². The quantitative estimate of drug-likeness (QED) is 0.162. The smallest absolute Gasteiger partial charge is 0.143 e. The van der Waals surface area contributed by atoms with Crippen molar-refractivity contribution in [1.29, 1.82) is 0 Å². The molecule has 272 valence electrons. The number of para-hydroxylation sites is 2. The number of hydrogen-bond donors (Lipinski definition) is 0. The van der Waals surface area contributed by atoms with Crippen molar-refractivity contribution in [3.63, 3.8) is 0 Å². The fourth-order valence-electron chi connectivity index (χ4n) is 8.65. The maximum Gasteiger partial charge on any atom is 0.143 e. The predicted molar refractivity (Wildman–Crippen MR) is 245 cm³/mol. The first-order valence-corrected chi connectivity index (χ1v) is 19.8. The first kappa shape index (κ1) is 33.6. The van der Waals surface area contributed by atoms with E-state index in [0.717, 1.165) is 50.1 Å². The maximum atomic E-state index is 6.43. The van der Waals surface area contributed by atoms with Gasteiger partial charge in [-0.05, 0) is 109 Å². The molecule has 0 saturated carbocycles. The molecule has 11 rings (SSSR count). The lowest BCUT2D eigenvalue weighted by Gasteiger charge is -2.26. The molecule has 0 aliphatic rings. The Kier molecular flexibility index (Phi) is 8.19. The van der Waals surface area contributed by atoms with Crippen LogP contribution in [-0.4, -0.2) is 0 Å². The Morgan fingerprint density at radius 3 is 1.45 bits per heavy atom. The minimum absolute atomic E-state index is 0.905. The molecule has 2 nitrogen and oxygen atoms in total. The van der Waals surface area contributed by atoms with Crippen molar-refractivity contribution >= 4 is 60.5 Å². The van der Waals surface area contributed by atoms with Crippen molar-refractivity contribution in [3.8, 4) is 44.5 Å². The van der Waals surface area contributed by atoms with Gasteiger partial charge in [0.2, 0.25) is 0 Å². The first-order valence-electron chi connectivity index (χ1n) is 19.8. The molecule has 0 saturated heterocycles. The summed E-state index contributed by atoms with van der Waals surface area (Å²) >= 11 is 0. The second-order valence-corrected chi connectivity index (χ2v) is 14.9. The van der Waals surface area contributed by atoms with Gasteiger partial charge in [-0.2, -0.15) is 0 Å². The summed E-state index contributed by atoms with van der Waals surface area (Å²) < 4.78 is 6.43. The van der Waals surface area contributed by atoms with Crippen molar-refractivity contribution in [2.75, 3.05) is 4.90 Å². The van der Waals surface area contributed by atoms with Gasteiger partial charge in [-0.25, -0.2) is 0 Å². The molecule has 0 fully saturated rings. The molecule has 0 aliphatic carbocycles. The highest BCUT2D eigenvalue weighted by molar-refractivity contribution is 6.09. The molecule has 0 unspecified atom stereocenters. The standard InChI is InChI=1S/C56H37NO/c1-3-20-48-39(12-1)14-9-23-50(48)43-17-7-16-42(36-43)38-28-32-45(33-29-38)57(47-19-8-18-44(37-47)51-24-10-15-40-13-2-4-21-49(40)51)46-34-30-41(31-35-46)52-25-11-26-54-53-22-5-6-27-55(53)58-56(52)54/h1-37H. The molecule has 58 heavy (non-hydrogen) atoms. The highest BCUT2D eigenvalue weighted by Gasteiger charge is 2.17. The van der Waals surface area contributed by atoms with E-state index in [-0.39, 0.29) is 0 Å². The lowest BCUT2D eigenvalue weighted by molar-refractivity contribution is 0.670. The topological polar surface area (TPSA) is 16.4 Å². The van der Waals surface area contributed by atoms with E-state index >= 15 is 0 Å². The number of hydrogen-bond acceptors (Lipinski definition) is 2. The van der Waals surface area contributed by atoms with E-state index in [1.54, 1.807) is 0 Å². The molecule has 11 aromatic rings. The first-order chi connectivity index (χ1) is 28.7. The van der Waals surface area contributed by atoms with Crippen LogP contribution in [-0.2, 0) is 0 Å². The minimum atomic E-state index is 0.905. The lowest BCUT2D eigenvalue weighted by Crippen LogP contribution is -2.10. The molecule has 0 radical (unpaired) electrons. The number of anilines is 3. The normalized spacial score (nSPS) is 11.4. The molecular formula is C56H37NO. The fourth-order valence-corrected chi connectivity index (χ4v) is 8.65. The molecule has 10 aromatic carbocycles. The Bertz CT molecular complexity index is 3270. The summed E-state index contributed by atoms with van der Waals surface area (Å²) in [6.45, 7) is 0. The largest absolute Gasteiger partial charge is 0.455 e. The van der Waals surface area contributed by atoms with Crippen LogP contribution in [0.3, 0.4) is 0 Å². The second-order valence-electron chi connectivity index (χ2n) is 14.9. The molecule has 0 bridgehead atoms. The van der Waals surface area contributed by atoms with Gasteiger partial charge in [0.1, 0.15) is 11.2 Å². The van der Waals surface area contributed by atoms with Gasteiger partial charge in [0.25, 0.3) is 0 Å². The summed E-state index contributed by atoms with van der Waals surface area (Å²) in [6, 6.07) is 80.7. The molecule has 0 amide bonds. The average Bonchev–Trinajstić information content (AvgIpc) is 3.69. The van der Waals surface area contributed by atoms with Crippen LogP contribution < -0.4 is 4.90 Å². The molecule has 2 heteroatoms. The van der Waals surface area contributed by atoms with E-state index in [0.29, 0.717) is 0 Å². The number of benzene rings is 10. The minimum Gasteiger partial charge on any atom is -0.455 e. The Morgan fingerprint density at radius 2 is 0.759 bits per heavy atom. The second kappa shape index (κ2) is 14.1. The van der Waals surface area contributed by atoms with E-state index in [9.17, 15) is 0 Å². The van der Waals surface area contributed by atoms with Crippen LogP contribution >= 0.6 is 0 Å². The molecule has 1 aromatic heterocycles. The Labute approximate surface area is 337 Å². The van der Waals surface area contributed by atoms with Gasteiger partial charge in [0.15, 0.2) is 0 Å². The Balaban J connectivity index is 1.00. The number of rotatable bonds is 7. The van der Waals surface area contributed by atoms with E-state index in [1.165, 1.54) is 54.9 Å². The van der Waals surface area contributed by atoms with E-state index in [4.69, 9.17) is 4.42 Å². The van der Waals surface area contributed by atoms with Crippen molar-refractivity contribution < 1.29 is 4.42 Å². The predicted octanol–water partition coefficient (Wildman–Crippen LogP) is 16.0. The zero-order valence-electron chi connectivity index (χ0n) is 31.7. The summed E-state index contributed by atoms with van der Waals surface area (Å²) in [5, 5.41) is 7.26. The fraction of sp³-hybridized carbons (Fsp3) is 0. The highest BCUT2D eigenvalue weighted by atomic mass is 16.3. The third-order valence-electron chi connectivity index (χ3n) is 11.5. The van der Waals surface area contributed by atoms with Crippen LogP contribution in [0.5, 0.6) is 0 Å². The lowest BCUT2D eigenvalue weighted by atomic mass is 9.95. The number of fused-ring (bicyclic) bond motifs is 5. The van der Waals surface area contributed by atoms with Crippen molar-refractivity contribution in [1.82, 2.24) is 0 Å². The van der Waals surface area contributed by atoms with Gasteiger partial charge in [0.05, 0.1) is 0 Å². The third kappa shape index (κ3) is 5.91. The molecule has 1 heterocycles. The molecule has 0 N–H and O–H groups in total. The van der Waals surface area contributed by atoms with Crippen molar-refractivity contribution in [2.24, 2.45) is 0 Å². The van der Waals surface area contributed by atoms with Gasteiger partial charge in [-0.15, -0.1) is 0 Å². The van der Waals surface area contributed by atoms with Gasteiger partial charge in [-0.3, -0.25) is 0 Å². The Hall–Kier alpha value is -7.68. The summed E-state index contributed by atoms with van der Waals surface area (Å²) in [5.41, 5.74) is 14.5. The van der Waals surface area contributed by atoms with Crippen LogP contribution in [0, 0.1) is 0 Å². The van der Waals surface area contributed by atoms with Crippen LogP contribution in [0.2, 0.25) is 0 Å². The average molecular weight is 740 g/mol. The van der Waals surface area contributed by atoms with E-state index < -0.39 is 0 Å². The van der Waals surface area contributed by atoms with Gasteiger partial charge in [0, 0.05) is 33.4 Å². The monoisotopic (exact) mass is 739 g/mol. The SMILES string of the molecule is c1cc(-c2ccc(N(c3ccc(-c4cccc5c4oc4ccccc45)cc3)c3cccc(-c4cccc5ccccc45)c3)cc2)cc(-c2cccc3ccccc23)c1. The van der Waals surface area contributed by atoms with E-state index in [1.807, 2.05) is 12.1 Å². The number of furan rings is 1. The molecule has 0 spiro atoms. The number of nitrogens with zero attached hydrogens (tertiary/aromatic N) is 1. The maximum absolute atomic E-state index is 6.43. The summed E-state index contributed by atoms with van der Waals surface area (Å²) in [5.74, 6) is 0. The van der Waals surface area contributed by atoms with Crippen LogP contribution in [0.15, 0.2) is 229 Å². The molecule has 0 aliphatic heterocycles. The third-order valence-corrected chi connectivity index (χ3v) is 11.5. The van der Waals surface area contributed by atoms with Crippen LogP contribution in [0.25, 0.3) is 88.0 Å². The van der Waals surface area contributed by atoms with Crippen molar-refractivity contribution in [3.05, 3.63) is 224 Å². The Morgan fingerprint density at radius 1 is 0.276 bits per heavy atom. The summed E-state index contributed by atoms with van der Waals surface area (Å²) in [6.07, 6.45) is 0. The zero-order chi connectivity index (χ0) is 38.4. The van der Waals surface area contributed by atoms with Crippen molar-refractivity contribution in [2.45, 2.75) is 0 Å². The van der Waals surface area contributed by atoms with Crippen LogP contribution in [0.4, 0.5) is 17.1 Å². The summed E-state index contributed by atoms with van der Waals surface area (Å²) in [4.78, 5) is 2.36. The molecular weight excluding hydrogens is 703 g/mol. The highest BCUT2D eigenvalue weighted by Crippen LogP contribution is 2.41. The van der Waals surface area contributed by atoms with Gasteiger partial charge in [-0.1, -0.05) is 176 Å². The van der Waals surface area contributed by atoms with Gasteiger partial charge < -0.3 is 9.32 Å².